The molecule has 0 fully saturated rings. The second-order valence-corrected chi connectivity index (χ2v) is 5.02. The lowest BCUT2D eigenvalue weighted by Gasteiger charge is -2.06. The maximum Gasteiger partial charge on any atom is 0.245 e. The van der Waals surface area contributed by atoms with Gasteiger partial charge in [-0.15, -0.1) is 5.10 Å². The topological polar surface area (TPSA) is 34.0 Å². The van der Waals surface area contributed by atoms with E-state index in [-0.39, 0.29) is 11.6 Å². The van der Waals surface area contributed by atoms with Crippen LogP contribution in [-0.4, -0.2) is 28.9 Å². The first-order valence-corrected chi connectivity index (χ1v) is 6.71. The highest BCUT2D eigenvalue weighted by Crippen LogP contribution is 2.23. The van der Waals surface area contributed by atoms with Crippen molar-refractivity contribution in [1.82, 2.24) is 14.8 Å². The summed E-state index contributed by atoms with van der Waals surface area (Å²) in [4.78, 5) is 6.24. The Kier molecular flexibility index (Phi) is 3.58. The van der Waals surface area contributed by atoms with Crippen LogP contribution in [0.2, 0.25) is 0 Å². The number of halogens is 2. The minimum absolute atomic E-state index is 0.315. The number of anilines is 1. The molecule has 3 rings (SSSR count). The van der Waals surface area contributed by atoms with Gasteiger partial charge in [-0.3, -0.25) is 0 Å². The molecule has 0 saturated heterocycles. The van der Waals surface area contributed by atoms with Gasteiger partial charge in [-0.1, -0.05) is 0 Å². The predicted octanol–water partition coefficient (Wildman–Crippen LogP) is 3.28. The molecule has 0 aliphatic rings. The molecule has 0 bridgehead atoms. The van der Waals surface area contributed by atoms with Gasteiger partial charge in [0.2, 0.25) is 5.95 Å². The van der Waals surface area contributed by atoms with E-state index in [0.29, 0.717) is 17.5 Å². The van der Waals surface area contributed by atoms with Crippen LogP contribution in [0.15, 0.2) is 48.5 Å². The predicted molar refractivity (Wildman–Crippen MR) is 81.0 cm³/mol. The maximum absolute atomic E-state index is 13.1. The number of rotatable bonds is 3. The molecule has 0 atom stereocenters. The van der Waals surface area contributed by atoms with Crippen molar-refractivity contribution < 1.29 is 8.78 Å². The van der Waals surface area contributed by atoms with Crippen LogP contribution in [0.4, 0.5) is 14.7 Å². The lowest BCUT2D eigenvalue weighted by atomic mass is 10.2. The molecular formula is C16H14F2N4. The number of aromatic nitrogens is 3. The summed E-state index contributed by atoms with van der Waals surface area (Å²) in [5.41, 5.74) is 1.41. The Morgan fingerprint density at radius 2 is 1.41 bits per heavy atom. The Morgan fingerprint density at radius 1 is 0.864 bits per heavy atom. The van der Waals surface area contributed by atoms with Crippen LogP contribution in [-0.2, 0) is 0 Å². The third-order valence-corrected chi connectivity index (χ3v) is 3.17. The highest BCUT2D eigenvalue weighted by molar-refractivity contribution is 5.60. The van der Waals surface area contributed by atoms with E-state index in [1.165, 1.54) is 24.3 Å². The van der Waals surface area contributed by atoms with Gasteiger partial charge in [0.05, 0.1) is 5.69 Å². The SMILES string of the molecule is CN(C)c1nc(-c2ccc(F)cc2)n(-c2ccc(F)cc2)n1. The second-order valence-electron chi connectivity index (χ2n) is 5.02. The summed E-state index contributed by atoms with van der Waals surface area (Å²) in [5.74, 6) is 0.448. The van der Waals surface area contributed by atoms with Crippen LogP contribution in [0, 0.1) is 11.6 Å². The molecule has 0 aliphatic heterocycles. The molecule has 0 unspecified atom stereocenters. The molecule has 0 saturated carbocycles. The van der Waals surface area contributed by atoms with Gasteiger partial charge in [-0.25, -0.2) is 13.5 Å². The zero-order chi connectivity index (χ0) is 15.7. The minimum Gasteiger partial charge on any atom is -0.346 e. The van der Waals surface area contributed by atoms with Crippen LogP contribution in [0.5, 0.6) is 0 Å². The fourth-order valence-corrected chi connectivity index (χ4v) is 2.04. The van der Waals surface area contributed by atoms with Crippen LogP contribution < -0.4 is 4.90 Å². The zero-order valence-electron chi connectivity index (χ0n) is 12.2. The molecule has 3 aromatic rings. The first-order valence-electron chi connectivity index (χ1n) is 6.71. The lowest BCUT2D eigenvalue weighted by Crippen LogP contribution is -2.10. The van der Waals surface area contributed by atoms with Crippen LogP contribution >= 0.6 is 0 Å². The fraction of sp³-hybridized carbons (Fsp3) is 0.125. The smallest absolute Gasteiger partial charge is 0.245 e. The normalized spacial score (nSPS) is 10.7. The summed E-state index contributed by atoms with van der Waals surface area (Å²) >= 11 is 0. The summed E-state index contributed by atoms with van der Waals surface area (Å²) in [7, 11) is 3.66. The van der Waals surface area contributed by atoms with Crippen LogP contribution in [0.25, 0.3) is 17.1 Å². The van der Waals surface area contributed by atoms with E-state index in [4.69, 9.17) is 0 Å². The molecule has 4 nitrogen and oxygen atoms in total. The molecule has 22 heavy (non-hydrogen) atoms. The van der Waals surface area contributed by atoms with E-state index in [9.17, 15) is 8.78 Å². The number of nitrogens with zero attached hydrogens (tertiary/aromatic N) is 4. The molecule has 1 heterocycles. The summed E-state index contributed by atoms with van der Waals surface area (Å²) < 4.78 is 27.8. The van der Waals surface area contributed by atoms with Crippen molar-refractivity contribution in [1.29, 1.82) is 0 Å². The van der Waals surface area contributed by atoms with Gasteiger partial charge in [0.1, 0.15) is 11.6 Å². The zero-order valence-corrected chi connectivity index (χ0v) is 12.2. The molecule has 0 radical (unpaired) electrons. The molecule has 0 N–H and O–H groups in total. The molecule has 1 aromatic heterocycles. The standard InChI is InChI=1S/C16H14F2N4/c1-21(2)16-19-15(11-3-5-12(17)6-4-11)22(20-16)14-9-7-13(18)8-10-14/h3-10H,1-2H3. The Hall–Kier alpha value is -2.76. The summed E-state index contributed by atoms with van der Waals surface area (Å²) in [5, 5.41) is 4.42. The summed E-state index contributed by atoms with van der Waals surface area (Å²) in [6.45, 7) is 0. The second kappa shape index (κ2) is 5.55. The van der Waals surface area contributed by atoms with Gasteiger partial charge < -0.3 is 4.90 Å². The Balaban J connectivity index is 2.15. The van der Waals surface area contributed by atoms with E-state index in [0.717, 1.165) is 5.56 Å². The van der Waals surface area contributed by atoms with Crippen molar-refractivity contribution in [2.24, 2.45) is 0 Å². The lowest BCUT2D eigenvalue weighted by molar-refractivity contribution is 0.626. The minimum atomic E-state index is -0.319. The molecular weight excluding hydrogens is 286 g/mol. The molecule has 0 spiro atoms. The van der Waals surface area contributed by atoms with Gasteiger partial charge in [0.15, 0.2) is 5.82 Å². The monoisotopic (exact) mass is 300 g/mol. The largest absolute Gasteiger partial charge is 0.346 e. The van der Waals surface area contributed by atoms with Crippen molar-refractivity contribution in [2.45, 2.75) is 0 Å². The quantitative estimate of drug-likeness (QED) is 0.744. The Bertz CT molecular complexity index is 714. The number of hydrogen-bond acceptors (Lipinski definition) is 3. The van der Waals surface area contributed by atoms with Gasteiger partial charge >= 0.3 is 0 Å². The molecule has 112 valence electrons. The maximum atomic E-state index is 13.1. The molecule has 2 aromatic carbocycles. The van der Waals surface area contributed by atoms with Crippen LogP contribution in [0.1, 0.15) is 0 Å². The van der Waals surface area contributed by atoms with E-state index in [1.807, 2.05) is 14.1 Å². The number of benzene rings is 2. The Labute approximate surface area is 126 Å². The summed E-state index contributed by atoms with van der Waals surface area (Å²) in [6.07, 6.45) is 0. The first-order chi connectivity index (χ1) is 10.5. The van der Waals surface area contributed by atoms with Gasteiger partial charge in [0.25, 0.3) is 0 Å². The highest BCUT2D eigenvalue weighted by Gasteiger charge is 2.15. The van der Waals surface area contributed by atoms with Crippen molar-refractivity contribution in [3.63, 3.8) is 0 Å². The van der Waals surface area contributed by atoms with E-state index in [2.05, 4.69) is 10.1 Å². The van der Waals surface area contributed by atoms with Crippen LogP contribution in [0.3, 0.4) is 0 Å². The van der Waals surface area contributed by atoms with Crippen molar-refractivity contribution in [3.8, 4) is 17.1 Å². The number of hydrogen-bond donors (Lipinski definition) is 0. The highest BCUT2D eigenvalue weighted by atomic mass is 19.1. The van der Waals surface area contributed by atoms with Gasteiger partial charge in [0, 0.05) is 19.7 Å². The third-order valence-electron chi connectivity index (χ3n) is 3.17. The molecule has 0 aliphatic carbocycles. The van der Waals surface area contributed by atoms with E-state index < -0.39 is 0 Å². The average Bonchev–Trinajstić information content (AvgIpc) is 2.94. The van der Waals surface area contributed by atoms with Crippen molar-refractivity contribution in [3.05, 3.63) is 60.2 Å². The molecule has 6 heteroatoms. The third kappa shape index (κ3) is 2.67. The first kappa shape index (κ1) is 14.2. The molecule has 0 amide bonds. The Morgan fingerprint density at radius 3 is 1.95 bits per heavy atom. The average molecular weight is 300 g/mol. The van der Waals surface area contributed by atoms with Crippen molar-refractivity contribution in [2.75, 3.05) is 19.0 Å². The van der Waals surface area contributed by atoms with Gasteiger partial charge in [-0.2, -0.15) is 4.98 Å². The van der Waals surface area contributed by atoms with E-state index >= 15 is 0 Å². The van der Waals surface area contributed by atoms with Gasteiger partial charge in [-0.05, 0) is 48.5 Å². The van der Waals surface area contributed by atoms with Crippen molar-refractivity contribution >= 4 is 5.95 Å². The fourth-order valence-electron chi connectivity index (χ4n) is 2.04. The van der Waals surface area contributed by atoms with E-state index in [1.54, 1.807) is 33.8 Å². The summed E-state index contributed by atoms with van der Waals surface area (Å²) in [6, 6.07) is 12.0.